The molecule has 1 atom stereocenters. The van der Waals surface area contributed by atoms with E-state index in [-0.39, 0.29) is 18.3 Å². The minimum atomic E-state index is -0.594. The zero-order valence-corrected chi connectivity index (χ0v) is 14.5. The van der Waals surface area contributed by atoms with E-state index in [9.17, 15) is 4.79 Å². The van der Waals surface area contributed by atoms with Crippen molar-refractivity contribution in [3.63, 3.8) is 0 Å². The normalized spacial score (nSPS) is 12.0. The number of aryl methyl sites for hydroxylation is 2. The number of carbonyl (C=O) groups excluding carboxylic acids is 1. The molecule has 0 amide bonds. The summed E-state index contributed by atoms with van der Waals surface area (Å²) in [6, 6.07) is 15.5. The predicted octanol–water partition coefficient (Wildman–Crippen LogP) is 4.20. The van der Waals surface area contributed by atoms with Gasteiger partial charge in [0.1, 0.15) is 0 Å². The molecule has 5 heteroatoms. The molecule has 1 aromatic heterocycles. The van der Waals surface area contributed by atoms with Gasteiger partial charge in [0, 0.05) is 5.56 Å². The lowest BCUT2D eigenvalue weighted by Gasteiger charge is -2.10. The zero-order chi connectivity index (χ0) is 17.8. The number of aromatic nitrogens is 2. The van der Waals surface area contributed by atoms with Gasteiger partial charge in [0.2, 0.25) is 5.89 Å². The van der Waals surface area contributed by atoms with Crippen LogP contribution in [-0.4, -0.2) is 16.2 Å². The van der Waals surface area contributed by atoms with Crippen molar-refractivity contribution in [2.24, 2.45) is 0 Å². The molecule has 25 heavy (non-hydrogen) atoms. The van der Waals surface area contributed by atoms with Gasteiger partial charge in [0.05, 0.1) is 6.42 Å². The summed E-state index contributed by atoms with van der Waals surface area (Å²) >= 11 is 0. The molecule has 0 saturated heterocycles. The standard InChI is InChI=1S/C20H20N2O3/c1-13-8-10-16(11-9-13)20-22-21-19(25-20)15(3)24-18(23)12-17-7-5-4-6-14(17)2/h4-11,15H,12H2,1-3H3. The van der Waals surface area contributed by atoms with Crippen LogP contribution in [0.2, 0.25) is 0 Å². The van der Waals surface area contributed by atoms with E-state index in [1.807, 2.05) is 62.4 Å². The minimum Gasteiger partial charge on any atom is -0.452 e. The molecule has 3 aromatic rings. The van der Waals surface area contributed by atoms with Crippen LogP contribution in [0.1, 0.15) is 35.6 Å². The van der Waals surface area contributed by atoms with Crippen LogP contribution in [0.25, 0.3) is 11.5 Å². The van der Waals surface area contributed by atoms with Crippen molar-refractivity contribution in [3.05, 3.63) is 71.1 Å². The van der Waals surface area contributed by atoms with E-state index in [1.165, 1.54) is 0 Å². The van der Waals surface area contributed by atoms with Crippen LogP contribution in [0.5, 0.6) is 0 Å². The predicted molar refractivity (Wildman–Crippen MR) is 93.9 cm³/mol. The van der Waals surface area contributed by atoms with Gasteiger partial charge in [-0.1, -0.05) is 42.0 Å². The van der Waals surface area contributed by atoms with Gasteiger partial charge < -0.3 is 9.15 Å². The smallest absolute Gasteiger partial charge is 0.311 e. The van der Waals surface area contributed by atoms with Crippen LogP contribution in [0.4, 0.5) is 0 Å². The van der Waals surface area contributed by atoms with Gasteiger partial charge in [-0.15, -0.1) is 10.2 Å². The van der Waals surface area contributed by atoms with Crippen LogP contribution in [0.15, 0.2) is 52.9 Å². The Labute approximate surface area is 146 Å². The molecule has 1 heterocycles. The van der Waals surface area contributed by atoms with E-state index in [1.54, 1.807) is 6.92 Å². The largest absolute Gasteiger partial charge is 0.452 e. The van der Waals surface area contributed by atoms with Crippen LogP contribution in [-0.2, 0) is 16.0 Å². The third-order valence-electron chi connectivity index (χ3n) is 3.99. The molecule has 0 N–H and O–H groups in total. The highest BCUT2D eigenvalue weighted by Crippen LogP contribution is 2.23. The van der Waals surface area contributed by atoms with Crippen molar-refractivity contribution in [2.75, 3.05) is 0 Å². The van der Waals surface area contributed by atoms with Crippen molar-refractivity contribution >= 4 is 5.97 Å². The summed E-state index contributed by atoms with van der Waals surface area (Å²) < 4.78 is 11.1. The first-order chi connectivity index (χ1) is 12.0. The number of hydrogen-bond donors (Lipinski definition) is 0. The van der Waals surface area contributed by atoms with Crippen LogP contribution < -0.4 is 0 Å². The molecule has 0 aliphatic heterocycles. The molecular formula is C20H20N2O3. The quantitative estimate of drug-likeness (QED) is 0.653. The number of benzene rings is 2. The maximum Gasteiger partial charge on any atom is 0.311 e. The van der Waals surface area contributed by atoms with E-state index in [4.69, 9.17) is 9.15 Å². The van der Waals surface area contributed by atoms with Crippen molar-refractivity contribution in [3.8, 4) is 11.5 Å². The molecule has 0 spiro atoms. The van der Waals surface area contributed by atoms with E-state index in [2.05, 4.69) is 10.2 Å². The Morgan fingerprint density at radius 2 is 1.80 bits per heavy atom. The third-order valence-corrected chi connectivity index (χ3v) is 3.99. The maximum absolute atomic E-state index is 12.2. The molecular weight excluding hydrogens is 316 g/mol. The fraction of sp³-hybridized carbons (Fsp3) is 0.250. The van der Waals surface area contributed by atoms with E-state index >= 15 is 0 Å². The zero-order valence-electron chi connectivity index (χ0n) is 14.5. The van der Waals surface area contributed by atoms with Crippen LogP contribution >= 0.6 is 0 Å². The SMILES string of the molecule is Cc1ccc(-c2nnc(C(C)OC(=O)Cc3ccccc3C)o2)cc1. The van der Waals surface area contributed by atoms with Gasteiger partial charge in [-0.25, -0.2) is 0 Å². The lowest BCUT2D eigenvalue weighted by atomic mass is 10.1. The lowest BCUT2D eigenvalue weighted by Crippen LogP contribution is -2.12. The Bertz CT molecular complexity index is 869. The van der Waals surface area contributed by atoms with E-state index in [0.29, 0.717) is 5.89 Å². The topological polar surface area (TPSA) is 65.2 Å². The molecule has 128 valence electrons. The van der Waals surface area contributed by atoms with Gasteiger partial charge in [-0.3, -0.25) is 4.79 Å². The Balaban J connectivity index is 1.65. The van der Waals surface area contributed by atoms with E-state index < -0.39 is 6.10 Å². The number of esters is 1. The number of hydrogen-bond acceptors (Lipinski definition) is 5. The number of rotatable bonds is 5. The fourth-order valence-corrected chi connectivity index (χ4v) is 2.46. The second kappa shape index (κ2) is 7.30. The molecule has 3 rings (SSSR count). The molecule has 0 aliphatic rings. The summed E-state index contributed by atoms with van der Waals surface area (Å²) in [5.41, 5.74) is 4.00. The number of carbonyl (C=O) groups is 1. The number of nitrogens with zero attached hydrogens (tertiary/aromatic N) is 2. The summed E-state index contributed by atoms with van der Waals surface area (Å²) in [5, 5.41) is 8.03. The summed E-state index contributed by atoms with van der Waals surface area (Å²) in [5.74, 6) is 0.377. The molecule has 1 unspecified atom stereocenters. The summed E-state index contributed by atoms with van der Waals surface area (Å²) in [7, 11) is 0. The Morgan fingerprint density at radius 3 is 2.52 bits per heavy atom. The Kier molecular flexibility index (Phi) is 4.93. The second-order valence-electron chi connectivity index (χ2n) is 6.05. The Morgan fingerprint density at radius 1 is 1.08 bits per heavy atom. The first-order valence-electron chi connectivity index (χ1n) is 8.17. The average Bonchev–Trinajstić information content (AvgIpc) is 3.08. The first kappa shape index (κ1) is 16.9. The molecule has 2 aromatic carbocycles. The highest BCUT2D eigenvalue weighted by atomic mass is 16.6. The fourth-order valence-electron chi connectivity index (χ4n) is 2.46. The summed E-state index contributed by atoms with van der Waals surface area (Å²) in [4.78, 5) is 12.2. The van der Waals surface area contributed by atoms with Crippen molar-refractivity contribution in [1.82, 2.24) is 10.2 Å². The molecule has 0 radical (unpaired) electrons. The van der Waals surface area contributed by atoms with Crippen molar-refractivity contribution < 1.29 is 13.9 Å². The third kappa shape index (κ3) is 4.12. The summed E-state index contributed by atoms with van der Waals surface area (Å²) in [6.07, 6.45) is -0.376. The van der Waals surface area contributed by atoms with Gasteiger partial charge in [0.25, 0.3) is 5.89 Å². The lowest BCUT2D eigenvalue weighted by molar-refractivity contribution is -0.148. The van der Waals surface area contributed by atoms with Gasteiger partial charge >= 0.3 is 5.97 Å². The van der Waals surface area contributed by atoms with Gasteiger partial charge in [-0.05, 0) is 44.0 Å². The van der Waals surface area contributed by atoms with E-state index in [0.717, 1.165) is 22.3 Å². The highest BCUT2D eigenvalue weighted by molar-refractivity contribution is 5.73. The van der Waals surface area contributed by atoms with Gasteiger partial charge in [0.15, 0.2) is 6.10 Å². The van der Waals surface area contributed by atoms with Crippen LogP contribution in [0.3, 0.4) is 0 Å². The molecule has 0 aliphatic carbocycles. The minimum absolute atomic E-state index is 0.218. The monoisotopic (exact) mass is 336 g/mol. The number of ether oxygens (including phenoxy) is 1. The Hall–Kier alpha value is -2.95. The summed E-state index contributed by atoms with van der Waals surface area (Å²) in [6.45, 7) is 5.71. The first-order valence-corrected chi connectivity index (χ1v) is 8.17. The van der Waals surface area contributed by atoms with Crippen LogP contribution in [0, 0.1) is 13.8 Å². The molecule has 0 bridgehead atoms. The van der Waals surface area contributed by atoms with Crippen molar-refractivity contribution in [2.45, 2.75) is 33.3 Å². The molecule has 0 saturated carbocycles. The molecule has 5 nitrogen and oxygen atoms in total. The van der Waals surface area contributed by atoms with Crippen molar-refractivity contribution in [1.29, 1.82) is 0 Å². The maximum atomic E-state index is 12.2. The highest BCUT2D eigenvalue weighted by Gasteiger charge is 2.19. The average molecular weight is 336 g/mol. The van der Waals surface area contributed by atoms with Gasteiger partial charge in [-0.2, -0.15) is 0 Å². The second-order valence-corrected chi connectivity index (χ2v) is 6.05. The molecule has 0 fully saturated rings.